The first kappa shape index (κ1) is 17.9. The summed E-state index contributed by atoms with van der Waals surface area (Å²) < 4.78 is 65.4. The highest BCUT2D eigenvalue weighted by Gasteiger charge is 2.27. The number of nitrogens with one attached hydrogen (secondary N) is 1. The van der Waals surface area contributed by atoms with E-state index in [4.69, 9.17) is 5.73 Å². The lowest BCUT2D eigenvalue weighted by atomic mass is 10.1. The number of halogens is 3. The number of hydrogen-bond donors (Lipinski definition) is 2. The molecule has 0 fully saturated rings. The van der Waals surface area contributed by atoms with Crippen molar-refractivity contribution >= 4 is 10.0 Å². The molecule has 0 radical (unpaired) electrons. The van der Waals surface area contributed by atoms with E-state index in [-0.39, 0.29) is 18.9 Å². The molecule has 0 aliphatic heterocycles. The second-order valence-electron chi connectivity index (χ2n) is 4.35. The molecule has 5 nitrogen and oxygen atoms in total. The van der Waals surface area contributed by atoms with Crippen LogP contribution in [0.2, 0.25) is 0 Å². The zero-order chi connectivity index (χ0) is 15.9. The van der Waals surface area contributed by atoms with Crippen LogP contribution < -0.4 is 10.5 Å². The fraction of sp³-hybridized carbons (Fsp3) is 0.500. The normalized spacial score (nSPS) is 12.6. The molecule has 0 spiro atoms. The van der Waals surface area contributed by atoms with Crippen molar-refractivity contribution in [1.29, 1.82) is 0 Å². The molecule has 1 aromatic carbocycles. The third kappa shape index (κ3) is 8.00. The van der Waals surface area contributed by atoms with Crippen LogP contribution in [0.3, 0.4) is 0 Å². The van der Waals surface area contributed by atoms with Crippen molar-refractivity contribution in [2.24, 2.45) is 5.73 Å². The van der Waals surface area contributed by atoms with Gasteiger partial charge in [0.25, 0.3) is 0 Å². The average molecular weight is 326 g/mol. The topological polar surface area (TPSA) is 81.4 Å². The maximum Gasteiger partial charge on any atom is 0.411 e. The fourth-order valence-electron chi connectivity index (χ4n) is 1.57. The van der Waals surface area contributed by atoms with Crippen LogP contribution in [0.1, 0.15) is 11.1 Å². The highest BCUT2D eigenvalue weighted by atomic mass is 32.2. The minimum absolute atomic E-state index is 0.213. The standard InChI is InChI=1S/C12H17F3N2O3S/c13-12(14,15)9-20-5-4-17-21(18,19)8-11-3-1-2-10(6-11)7-16/h1-3,6,17H,4-5,7-9,16H2. The Morgan fingerprint density at radius 3 is 2.52 bits per heavy atom. The van der Waals surface area contributed by atoms with Gasteiger partial charge in [-0.1, -0.05) is 24.3 Å². The van der Waals surface area contributed by atoms with E-state index >= 15 is 0 Å². The monoisotopic (exact) mass is 326 g/mol. The fourth-order valence-corrected chi connectivity index (χ4v) is 2.69. The van der Waals surface area contributed by atoms with Crippen LogP contribution in [0.25, 0.3) is 0 Å². The van der Waals surface area contributed by atoms with Gasteiger partial charge in [0, 0.05) is 13.1 Å². The maximum atomic E-state index is 11.8. The molecule has 9 heteroatoms. The number of sulfonamides is 1. The largest absolute Gasteiger partial charge is 0.411 e. The van der Waals surface area contributed by atoms with Crippen molar-refractivity contribution in [3.05, 3.63) is 35.4 Å². The molecule has 0 bridgehead atoms. The molecule has 0 amide bonds. The summed E-state index contributed by atoms with van der Waals surface area (Å²) >= 11 is 0. The minimum atomic E-state index is -4.42. The average Bonchev–Trinajstić information content (AvgIpc) is 2.36. The van der Waals surface area contributed by atoms with Crippen LogP contribution >= 0.6 is 0 Å². The van der Waals surface area contributed by atoms with Gasteiger partial charge in [-0.05, 0) is 11.1 Å². The van der Waals surface area contributed by atoms with E-state index in [1.165, 1.54) is 0 Å². The first-order valence-electron chi connectivity index (χ1n) is 6.11. The minimum Gasteiger partial charge on any atom is -0.371 e. The van der Waals surface area contributed by atoms with E-state index in [0.717, 1.165) is 5.56 Å². The lowest BCUT2D eigenvalue weighted by Crippen LogP contribution is -2.30. The molecule has 0 aliphatic rings. The van der Waals surface area contributed by atoms with Crippen LogP contribution in [-0.4, -0.2) is 34.4 Å². The van der Waals surface area contributed by atoms with Gasteiger partial charge in [-0.15, -0.1) is 0 Å². The van der Waals surface area contributed by atoms with E-state index in [9.17, 15) is 21.6 Å². The highest BCUT2D eigenvalue weighted by molar-refractivity contribution is 7.88. The Hall–Kier alpha value is -1.16. The number of rotatable bonds is 8. The van der Waals surface area contributed by atoms with Crippen LogP contribution in [0, 0.1) is 0 Å². The molecule has 1 rings (SSSR count). The Kier molecular flexibility index (Phi) is 6.59. The lowest BCUT2D eigenvalue weighted by molar-refractivity contribution is -0.173. The molecular weight excluding hydrogens is 309 g/mol. The Labute approximate surface area is 121 Å². The summed E-state index contributed by atoms with van der Waals surface area (Å²) in [6, 6.07) is 6.77. The van der Waals surface area contributed by atoms with E-state index in [0.29, 0.717) is 12.1 Å². The number of ether oxygens (including phenoxy) is 1. The van der Waals surface area contributed by atoms with E-state index in [1.54, 1.807) is 24.3 Å². The summed E-state index contributed by atoms with van der Waals surface area (Å²) in [4.78, 5) is 0. The van der Waals surface area contributed by atoms with Crippen molar-refractivity contribution in [1.82, 2.24) is 4.72 Å². The van der Waals surface area contributed by atoms with Gasteiger partial charge in [0.15, 0.2) is 0 Å². The zero-order valence-electron chi connectivity index (χ0n) is 11.2. The summed E-state index contributed by atoms with van der Waals surface area (Å²) in [6.07, 6.45) is -4.42. The summed E-state index contributed by atoms with van der Waals surface area (Å²) in [5.74, 6) is -0.264. The molecule has 0 aromatic heterocycles. The molecule has 0 saturated carbocycles. The zero-order valence-corrected chi connectivity index (χ0v) is 12.0. The second kappa shape index (κ2) is 7.74. The van der Waals surface area contributed by atoms with Gasteiger partial charge in [-0.2, -0.15) is 13.2 Å². The number of alkyl halides is 3. The highest BCUT2D eigenvalue weighted by Crippen LogP contribution is 2.14. The van der Waals surface area contributed by atoms with Gasteiger partial charge < -0.3 is 10.5 Å². The van der Waals surface area contributed by atoms with Gasteiger partial charge in [-0.3, -0.25) is 0 Å². The smallest absolute Gasteiger partial charge is 0.371 e. The van der Waals surface area contributed by atoms with Gasteiger partial charge in [0.2, 0.25) is 10.0 Å². The van der Waals surface area contributed by atoms with E-state index in [1.807, 2.05) is 0 Å². The Balaban J connectivity index is 2.40. The van der Waals surface area contributed by atoms with Crippen LogP contribution in [0.4, 0.5) is 13.2 Å². The quantitative estimate of drug-likeness (QED) is 0.702. The number of nitrogens with two attached hydrogens (primary N) is 1. The molecule has 3 N–H and O–H groups in total. The van der Waals surface area contributed by atoms with Crippen LogP contribution in [0.15, 0.2) is 24.3 Å². The van der Waals surface area contributed by atoms with Gasteiger partial charge in [-0.25, -0.2) is 13.1 Å². The molecule has 120 valence electrons. The van der Waals surface area contributed by atoms with Crippen LogP contribution in [-0.2, 0) is 27.1 Å². The van der Waals surface area contributed by atoms with E-state index < -0.39 is 22.8 Å². The predicted molar refractivity (Wildman–Crippen MR) is 71.8 cm³/mol. The molecule has 0 saturated heterocycles. The SMILES string of the molecule is NCc1cccc(CS(=O)(=O)NCCOCC(F)(F)F)c1. The lowest BCUT2D eigenvalue weighted by Gasteiger charge is -2.09. The predicted octanol–water partition coefficient (Wildman–Crippen LogP) is 1.14. The van der Waals surface area contributed by atoms with Crippen molar-refractivity contribution in [3.8, 4) is 0 Å². The third-order valence-electron chi connectivity index (χ3n) is 2.42. The summed E-state index contributed by atoms with van der Waals surface area (Å²) in [6.45, 7) is -1.66. The van der Waals surface area contributed by atoms with Gasteiger partial charge >= 0.3 is 6.18 Å². The summed E-state index contributed by atoms with van der Waals surface area (Å²) in [5, 5.41) is 0. The third-order valence-corrected chi connectivity index (χ3v) is 3.78. The molecular formula is C12H17F3N2O3S. The molecule has 0 aliphatic carbocycles. The Morgan fingerprint density at radius 2 is 1.90 bits per heavy atom. The Bertz CT molecular complexity index is 547. The Morgan fingerprint density at radius 1 is 1.24 bits per heavy atom. The first-order chi connectivity index (χ1) is 9.72. The number of benzene rings is 1. The van der Waals surface area contributed by atoms with Crippen molar-refractivity contribution in [2.45, 2.75) is 18.5 Å². The summed E-state index contributed by atoms with van der Waals surface area (Å²) in [5.41, 5.74) is 6.82. The van der Waals surface area contributed by atoms with Crippen molar-refractivity contribution in [2.75, 3.05) is 19.8 Å². The van der Waals surface area contributed by atoms with E-state index in [2.05, 4.69) is 9.46 Å². The molecule has 0 heterocycles. The number of hydrogen-bond acceptors (Lipinski definition) is 4. The molecule has 0 unspecified atom stereocenters. The molecule has 0 atom stereocenters. The van der Waals surface area contributed by atoms with Crippen LogP contribution in [0.5, 0.6) is 0 Å². The summed E-state index contributed by atoms with van der Waals surface area (Å²) in [7, 11) is -3.63. The van der Waals surface area contributed by atoms with Crippen molar-refractivity contribution in [3.63, 3.8) is 0 Å². The van der Waals surface area contributed by atoms with Gasteiger partial charge in [0.05, 0.1) is 12.4 Å². The molecule has 21 heavy (non-hydrogen) atoms. The first-order valence-corrected chi connectivity index (χ1v) is 7.77. The molecule has 1 aromatic rings. The van der Waals surface area contributed by atoms with Crippen molar-refractivity contribution < 1.29 is 26.3 Å². The maximum absolute atomic E-state index is 11.8. The second-order valence-corrected chi connectivity index (χ2v) is 6.15. The van der Waals surface area contributed by atoms with Gasteiger partial charge in [0.1, 0.15) is 6.61 Å².